The van der Waals surface area contributed by atoms with Crippen LogP contribution in [-0.2, 0) is 5.60 Å². The highest BCUT2D eigenvalue weighted by molar-refractivity contribution is 7.32. The molecule has 3 aromatic heterocycles. The van der Waals surface area contributed by atoms with Crippen LogP contribution in [-0.4, -0.2) is 23.1 Å². The molecule has 2 aromatic carbocycles. The third-order valence-corrected chi connectivity index (χ3v) is 11.5. The van der Waals surface area contributed by atoms with E-state index >= 15 is 0 Å². The smallest absolute Gasteiger partial charge is 0.197 e. The Bertz CT molecular complexity index is 2260. The number of thiophene rings is 3. The van der Waals surface area contributed by atoms with Gasteiger partial charge in [-0.2, -0.15) is 0 Å². The molecular formula is C33H14F4O5S3. The summed E-state index contributed by atoms with van der Waals surface area (Å²) >= 11 is 4.07. The van der Waals surface area contributed by atoms with Crippen LogP contribution in [0.15, 0.2) is 47.5 Å². The van der Waals surface area contributed by atoms with Gasteiger partial charge in [-0.3, -0.25) is 19.2 Å². The Labute approximate surface area is 262 Å². The zero-order chi connectivity index (χ0) is 31.7. The van der Waals surface area contributed by atoms with Crippen molar-refractivity contribution in [3.8, 4) is 15.5 Å². The van der Waals surface area contributed by atoms with Gasteiger partial charge < -0.3 is 4.74 Å². The third kappa shape index (κ3) is 3.95. The van der Waals surface area contributed by atoms with Gasteiger partial charge in [-0.15, -0.1) is 34.0 Å². The number of rotatable bonds is 2. The summed E-state index contributed by atoms with van der Waals surface area (Å²) in [5, 5.41) is 0. The van der Waals surface area contributed by atoms with Gasteiger partial charge in [-0.25, -0.2) is 17.6 Å². The largest absolute Gasteiger partial charge is 0.480 e. The van der Waals surface area contributed by atoms with Crippen LogP contribution in [0.5, 0.6) is 5.75 Å². The van der Waals surface area contributed by atoms with E-state index in [1.165, 1.54) is 46.2 Å². The number of halogens is 4. The van der Waals surface area contributed by atoms with Gasteiger partial charge in [0.2, 0.25) is 0 Å². The van der Waals surface area contributed by atoms with Crippen molar-refractivity contribution in [2.45, 2.75) is 19.4 Å². The molecule has 0 fully saturated rings. The molecule has 0 spiro atoms. The van der Waals surface area contributed by atoms with Crippen LogP contribution in [0.3, 0.4) is 0 Å². The Kier molecular flexibility index (Phi) is 5.76. The SMILES string of the molecule is CC1(C)Oc2c(sc3cc(C=C4C(=O)c5cc(F)c(F)cc5C4=O)sc23)-c2sc(C=C3C(=O)c4cc(F)c(F)cc4C3=O)cc21. The molecule has 0 atom stereocenters. The summed E-state index contributed by atoms with van der Waals surface area (Å²) in [5.41, 5.74) is -1.05. The number of carbonyl (C=O) groups excluding carboxylic acids is 4. The molecule has 12 heteroatoms. The Morgan fingerprint density at radius 1 is 0.600 bits per heavy atom. The highest BCUT2D eigenvalue weighted by atomic mass is 32.1. The number of allylic oxidation sites excluding steroid dienone is 2. The van der Waals surface area contributed by atoms with Crippen molar-refractivity contribution in [3.05, 3.63) is 108 Å². The summed E-state index contributed by atoms with van der Waals surface area (Å²) < 4.78 is 63.1. The van der Waals surface area contributed by atoms with E-state index in [2.05, 4.69) is 0 Å². The minimum absolute atomic E-state index is 0.175. The lowest BCUT2D eigenvalue weighted by Gasteiger charge is -2.31. The number of Topliss-reactive ketones (excluding diaryl/α,β-unsaturated/α-hetero) is 4. The van der Waals surface area contributed by atoms with Crippen molar-refractivity contribution in [1.29, 1.82) is 0 Å². The average molecular weight is 663 g/mol. The molecule has 0 amide bonds. The quantitative estimate of drug-likeness (QED) is 0.107. The summed E-state index contributed by atoms with van der Waals surface area (Å²) in [6, 6.07) is 6.60. The number of hydrogen-bond acceptors (Lipinski definition) is 8. The maximum absolute atomic E-state index is 13.8. The molecular weight excluding hydrogens is 649 g/mol. The molecule has 3 aliphatic rings. The zero-order valence-corrected chi connectivity index (χ0v) is 25.3. The Hall–Kier alpha value is -4.52. The molecule has 5 nitrogen and oxygen atoms in total. The van der Waals surface area contributed by atoms with Crippen molar-refractivity contribution in [2.75, 3.05) is 0 Å². The van der Waals surface area contributed by atoms with Crippen molar-refractivity contribution in [1.82, 2.24) is 0 Å². The second-order valence-corrected chi connectivity index (χ2v) is 14.4. The molecule has 222 valence electrons. The summed E-state index contributed by atoms with van der Waals surface area (Å²) in [6.07, 6.45) is 2.86. The molecule has 0 radical (unpaired) electrons. The van der Waals surface area contributed by atoms with Crippen LogP contribution in [0, 0.1) is 23.3 Å². The van der Waals surface area contributed by atoms with E-state index in [0.29, 0.717) is 15.5 Å². The van der Waals surface area contributed by atoms with Gasteiger partial charge in [-0.05, 0) is 62.4 Å². The highest BCUT2D eigenvalue weighted by Crippen LogP contribution is 2.57. The molecule has 1 aliphatic heterocycles. The Morgan fingerprint density at radius 3 is 1.51 bits per heavy atom. The van der Waals surface area contributed by atoms with Crippen molar-refractivity contribution >= 4 is 78.7 Å². The van der Waals surface area contributed by atoms with Crippen LogP contribution >= 0.6 is 34.0 Å². The first kappa shape index (κ1) is 28.0. The molecule has 0 saturated heterocycles. The van der Waals surface area contributed by atoms with Gasteiger partial charge in [-0.1, -0.05) is 0 Å². The van der Waals surface area contributed by atoms with E-state index in [9.17, 15) is 36.7 Å². The van der Waals surface area contributed by atoms with Crippen LogP contribution in [0.1, 0.15) is 70.6 Å². The molecule has 8 rings (SSSR count). The van der Waals surface area contributed by atoms with Gasteiger partial charge in [0.1, 0.15) is 5.60 Å². The lowest BCUT2D eigenvalue weighted by Crippen LogP contribution is -2.27. The van der Waals surface area contributed by atoms with Crippen molar-refractivity contribution in [3.63, 3.8) is 0 Å². The lowest BCUT2D eigenvalue weighted by molar-refractivity contribution is 0.0975. The van der Waals surface area contributed by atoms with E-state index in [4.69, 9.17) is 4.74 Å². The molecule has 5 aromatic rings. The third-order valence-electron chi connectivity index (χ3n) is 7.96. The lowest BCUT2D eigenvalue weighted by atomic mass is 9.95. The van der Waals surface area contributed by atoms with Gasteiger partial charge in [0, 0.05) is 37.6 Å². The van der Waals surface area contributed by atoms with E-state index in [1.807, 2.05) is 19.9 Å². The van der Waals surface area contributed by atoms with Crippen molar-refractivity contribution < 1.29 is 41.5 Å². The number of hydrogen-bond donors (Lipinski definition) is 0. The summed E-state index contributed by atoms with van der Waals surface area (Å²) in [7, 11) is 0. The minimum Gasteiger partial charge on any atom is -0.480 e. The van der Waals surface area contributed by atoms with Crippen molar-refractivity contribution in [2.24, 2.45) is 0 Å². The van der Waals surface area contributed by atoms with Gasteiger partial charge in [0.05, 0.1) is 30.3 Å². The molecule has 0 bridgehead atoms. The van der Waals surface area contributed by atoms with Gasteiger partial charge >= 0.3 is 0 Å². The second-order valence-electron chi connectivity index (χ2n) is 11.2. The van der Waals surface area contributed by atoms with Crippen LogP contribution in [0.25, 0.3) is 31.3 Å². The summed E-state index contributed by atoms with van der Waals surface area (Å²) in [4.78, 5) is 54.5. The molecule has 0 N–H and O–H groups in total. The average Bonchev–Trinajstić information content (AvgIpc) is 3.76. The van der Waals surface area contributed by atoms with Crippen LogP contribution in [0.2, 0.25) is 0 Å². The first-order chi connectivity index (χ1) is 21.3. The fourth-order valence-electron chi connectivity index (χ4n) is 5.78. The fraction of sp³-hybridized carbons (Fsp3) is 0.0909. The number of ketones is 4. The molecule has 45 heavy (non-hydrogen) atoms. The van der Waals surface area contributed by atoms with Gasteiger partial charge in [0.15, 0.2) is 52.2 Å². The Morgan fingerprint density at radius 2 is 1.04 bits per heavy atom. The fourth-order valence-corrected chi connectivity index (χ4v) is 9.63. The first-order valence-electron chi connectivity index (χ1n) is 13.3. The van der Waals surface area contributed by atoms with E-state index in [1.54, 1.807) is 6.07 Å². The normalized spacial score (nSPS) is 16.2. The van der Waals surface area contributed by atoms with Crippen LogP contribution in [0.4, 0.5) is 17.6 Å². The zero-order valence-electron chi connectivity index (χ0n) is 22.9. The van der Waals surface area contributed by atoms with Gasteiger partial charge in [0.25, 0.3) is 0 Å². The predicted molar refractivity (Wildman–Crippen MR) is 163 cm³/mol. The number of benzene rings is 2. The predicted octanol–water partition coefficient (Wildman–Crippen LogP) is 8.80. The summed E-state index contributed by atoms with van der Waals surface area (Å²) in [5.74, 6) is -6.91. The molecule has 0 saturated carbocycles. The number of fused-ring (bicyclic) bond motifs is 7. The van der Waals surface area contributed by atoms with Crippen LogP contribution < -0.4 is 4.74 Å². The number of ether oxygens (including phenoxy) is 1. The Balaban J connectivity index is 1.17. The second kappa shape index (κ2) is 9.25. The molecule has 2 aliphatic carbocycles. The summed E-state index contributed by atoms with van der Waals surface area (Å²) in [6.45, 7) is 3.74. The van der Waals surface area contributed by atoms with E-state index in [-0.39, 0.29) is 33.4 Å². The monoisotopic (exact) mass is 662 g/mol. The molecule has 4 heterocycles. The highest BCUT2D eigenvalue weighted by Gasteiger charge is 2.40. The molecule has 0 unspecified atom stereocenters. The first-order valence-corrected chi connectivity index (χ1v) is 15.8. The standard InChI is InChI=1S/C33H14F4O5S3/c1-33(2)19-5-11(3-17-25(38)13-7-20(34)21(35)8-14(13)26(17)39)43-30(19)32-29(42-33)31-24(45-32)6-12(44-31)4-18-27(40)15-9-22(36)23(37)10-16(15)28(18)41/h3-10H,1-2H3. The number of carbonyl (C=O) groups is 4. The topological polar surface area (TPSA) is 77.5 Å². The minimum atomic E-state index is -1.21. The van der Waals surface area contributed by atoms with E-state index in [0.717, 1.165) is 49.0 Å². The maximum Gasteiger partial charge on any atom is 0.197 e. The van der Waals surface area contributed by atoms with E-state index < -0.39 is 52.0 Å². The maximum atomic E-state index is 13.8.